The van der Waals surface area contributed by atoms with E-state index in [-0.39, 0.29) is 0 Å². The quantitative estimate of drug-likeness (QED) is 0.678. The van der Waals surface area contributed by atoms with Crippen molar-refractivity contribution in [1.82, 2.24) is 0 Å². The van der Waals surface area contributed by atoms with Gasteiger partial charge in [0.05, 0.1) is 0 Å². The number of fused-ring (bicyclic) bond motifs is 1. The van der Waals surface area contributed by atoms with Crippen LogP contribution in [0.15, 0.2) is 22.6 Å². The Bertz CT molecular complexity index is 480. The van der Waals surface area contributed by atoms with Gasteiger partial charge in [0.1, 0.15) is 5.58 Å². The van der Waals surface area contributed by atoms with Gasteiger partial charge in [0, 0.05) is 10.9 Å². The summed E-state index contributed by atoms with van der Waals surface area (Å²) in [7, 11) is 0. The van der Waals surface area contributed by atoms with Gasteiger partial charge in [-0.2, -0.15) is 0 Å². The van der Waals surface area contributed by atoms with Gasteiger partial charge in [-0.05, 0) is 18.9 Å². The number of carbonyl (C=O) groups excluding carboxylic acids is 1. The number of aldehydes is 1. The van der Waals surface area contributed by atoms with E-state index in [0.29, 0.717) is 5.76 Å². The molecule has 2 nitrogen and oxygen atoms in total. The first kappa shape index (κ1) is 9.00. The first-order valence-electron chi connectivity index (χ1n) is 4.74. The van der Waals surface area contributed by atoms with Gasteiger partial charge in [0.25, 0.3) is 0 Å². The molecule has 0 amide bonds. The highest BCUT2D eigenvalue weighted by Gasteiger charge is 2.11. The number of benzene rings is 1. The second kappa shape index (κ2) is 3.29. The Morgan fingerprint density at radius 3 is 2.86 bits per heavy atom. The van der Waals surface area contributed by atoms with Gasteiger partial charge in [-0.1, -0.05) is 25.1 Å². The minimum atomic E-state index is 0.445. The zero-order valence-corrected chi connectivity index (χ0v) is 8.33. The molecule has 0 unspecified atom stereocenters. The zero-order valence-electron chi connectivity index (χ0n) is 8.33. The third kappa shape index (κ3) is 1.15. The zero-order chi connectivity index (χ0) is 10.1. The average molecular weight is 188 g/mol. The number of furan rings is 1. The number of carbonyl (C=O) groups is 1. The molecule has 1 heterocycles. The van der Waals surface area contributed by atoms with Crippen molar-refractivity contribution in [2.75, 3.05) is 0 Å². The molecular formula is C12H12O2. The highest BCUT2D eigenvalue weighted by atomic mass is 16.3. The van der Waals surface area contributed by atoms with Crippen LogP contribution < -0.4 is 0 Å². The molecule has 1 aromatic heterocycles. The monoisotopic (exact) mass is 188 g/mol. The molecule has 0 spiro atoms. The molecule has 14 heavy (non-hydrogen) atoms. The maximum absolute atomic E-state index is 10.7. The molecule has 0 radical (unpaired) electrons. The highest BCUT2D eigenvalue weighted by molar-refractivity contribution is 5.91. The fourth-order valence-electron chi connectivity index (χ4n) is 1.71. The third-order valence-electron chi connectivity index (χ3n) is 2.57. The lowest BCUT2D eigenvalue weighted by Gasteiger charge is -1.96. The molecule has 2 heteroatoms. The summed E-state index contributed by atoms with van der Waals surface area (Å²) >= 11 is 0. The lowest BCUT2D eigenvalue weighted by molar-refractivity contribution is 0.110. The molecule has 0 saturated heterocycles. The molecule has 2 rings (SSSR count). The lowest BCUT2D eigenvalue weighted by Crippen LogP contribution is -1.79. The number of para-hydroxylation sites is 1. The summed E-state index contributed by atoms with van der Waals surface area (Å²) in [5, 5.41) is 1.05. The van der Waals surface area contributed by atoms with E-state index in [4.69, 9.17) is 4.42 Å². The largest absolute Gasteiger partial charge is 0.453 e. The first-order chi connectivity index (χ1) is 6.77. The molecule has 2 aromatic rings. The summed E-state index contributed by atoms with van der Waals surface area (Å²) in [6, 6.07) is 6.01. The molecule has 72 valence electrons. The van der Waals surface area contributed by atoms with Crippen molar-refractivity contribution in [2.24, 2.45) is 0 Å². The summed E-state index contributed by atoms with van der Waals surface area (Å²) in [5.74, 6) is 0.445. The Hall–Kier alpha value is -1.57. The molecular weight excluding hydrogens is 176 g/mol. The minimum Gasteiger partial charge on any atom is -0.453 e. The summed E-state index contributed by atoms with van der Waals surface area (Å²) in [6.07, 6.45) is 1.69. The molecule has 0 atom stereocenters. The smallest absolute Gasteiger partial charge is 0.185 e. The number of hydrogen-bond donors (Lipinski definition) is 0. The van der Waals surface area contributed by atoms with Gasteiger partial charge in [-0.3, -0.25) is 4.79 Å². The van der Waals surface area contributed by atoms with Crippen molar-refractivity contribution >= 4 is 17.3 Å². The van der Waals surface area contributed by atoms with Crippen molar-refractivity contribution in [3.8, 4) is 0 Å². The van der Waals surface area contributed by atoms with E-state index in [9.17, 15) is 4.79 Å². The molecule has 0 aliphatic heterocycles. The standard InChI is InChI=1S/C12H12O2/c1-3-9-5-4-6-10-8(2)11(7-13)14-12(9)10/h4-7H,3H2,1-2H3. The van der Waals surface area contributed by atoms with Crippen LogP contribution in [0, 0.1) is 6.92 Å². The van der Waals surface area contributed by atoms with Crippen LogP contribution in [0.2, 0.25) is 0 Å². The second-order valence-corrected chi connectivity index (χ2v) is 3.36. The van der Waals surface area contributed by atoms with Crippen molar-refractivity contribution in [2.45, 2.75) is 20.3 Å². The van der Waals surface area contributed by atoms with Crippen LogP contribution in [0.25, 0.3) is 11.0 Å². The number of rotatable bonds is 2. The van der Waals surface area contributed by atoms with E-state index in [1.54, 1.807) is 0 Å². The van der Waals surface area contributed by atoms with Crippen molar-refractivity contribution in [3.63, 3.8) is 0 Å². The van der Waals surface area contributed by atoms with Gasteiger partial charge < -0.3 is 4.42 Å². The number of aryl methyl sites for hydroxylation is 2. The average Bonchev–Trinajstić information content (AvgIpc) is 2.55. The summed E-state index contributed by atoms with van der Waals surface area (Å²) in [4.78, 5) is 10.7. The Balaban J connectivity index is 2.83. The van der Waals surface area contributed by atoms with Crippen LogP contribution in [0.5, 0.6) is 0 Å². The first-order valence-corrected chi connectivity index (χ1v) is 4.74. The molecule has 0 bridgehead atoms. The Labute approximate surface area is 82.5 Å². The molecule has 0 aliphatic carbocycles. The van der Waals surface area contributed by atoms with Gasteiger partial charge >= 0.3 is 0 Å². The van der Waals surface area contributed by atoms with E-state index in [1.807, 2.05) is 25.1 Å². The van der Waals surface area contributed by atoms with Crippen molar-refractivity contribution in [1.29, 1.82) is 0 Å². The van der Waals surface area contributed by atoms with Gasteiger partial charge in [0.15, 0.2) is 12.0 Å². The molecule has 0 saturated carbocycles. The van der Waals surface area contributed by atoms with Crippen molar-refractivity contribution in [3.05, 3.63) is 35.1 Å². The van der Waals surface area contributed by atoms with Crippen LogP contribution in [-0.4, -0.2) is 6.29 Å². The Morgan fingerprint density at radius 2 is 2.21 bits per heavy atom. The predicted octanol–water partition coefficient (Wildman–Crippen LogP) is 3.12. The topological polar surface area (TPSA) is 30.2 Å². The predicted molar refractivity (Wildman–Crippen MR) is 55.7 cm³/mol. The SMILES string of the molecule is CCc1cccc2c(C)c(C=O)oc12. The molecule has 0 N–H and O–H groups in total. The second-order valence-electron chi connectivity index (χ2n) is 3.36. The van der Waals surface area contributed by atoms with Gasteiger partial charge in [-0.25, -0.2) is 0 Å². The van der Waals surface area contributed by atoms with Gasteiger partial charge in [-0.15, -0.1) is 0 Å². The molecule has 1 aromatic carbocycles. The number of hydrogen-bond acceptors (Lipinski definition) is 2. The van der Waals surface area contributed by atoms with E-state index >= 15 is 0 Å². The van der Waals surface area contributed by atoms with Crippen LogP contribution in [0.1, 0.15) is 28.6 Å². The minimum absolute atomic E-state index is 0.445. The molecule has 0 aliphatic rings. The maximum atomic E-state index is 10.7. The Kier molecular flexibility index (Phi) is 2.12. The molecule has 0 fully saturated rings. The van der Waals surface area contributed by atoms with Crippen LogP contribution in [0.3, 0.4) is 0 Å². The van der Waals surface area contributed by atoms with E-state index in [2.05, 4.69) is 6.92 Å². The van der Waals surface area contributed by atoms with E-state index in [0.717, 1.165) is 34.8 Å². The summed E-state index contributed by atoms with van der Waals surface area (Å²) < 4.78 is 5.50. The summed E-state index contributed by atoms with van der Waals surface area (Å²) in [6.45, 7) is 3.99. The van der Waals surface area contributed by atoms with Crippen LogP contribution in [0.4, 0.5) is 0 Å². The Morgan fingerprint density at radius 1 is 1.43 bits per heavy atom. The van der Waals surface area contributed by atoms with E-state index in [1.165, 1.54) is 0 Å². The third-order valence-corrected chi connectivity index (χ3v) is 2.57. The fraction of sp³-hybridized carbons (Fsp3) is 0.250. The van der Waals surface area contributed by atoms with Gasteiger partial charge in [0.2, 0.25) is 0 Å². The highest BCUT2D eigenvalue weighted by Crippen LogP contribution is 2.27. The lowest BCUT2D eigenvalue weighted by atomic mass is 10.1. The van der Waals surface area contributed by atoms with E-state index < -0.39 is 0 Å². The van der Waals surface area contributed by atoms with Crippen molar-refractivity contribution < 1.29 is 9.21 Å². The fourth-order valence-corrected chi connectivity index (χ4v) is 1.71. The van der Waals surface area contributed by atoms with Crippen LogP contribution in [-0.2, 0) is 6.42 Å². The van der Waals surface area contributed by atoms with Crippen LogP contribution >= 0.6 is 0 Å². The maximum Gasteiger partial charge on any atom is 0.185 e. The normalized spacial score (nSPS) is 10.7. The summed E-state index contributed by atoms with van der Waals surface area (Å²) in [5.41, 5.74) is 2.94.